The zero-order chi connectivity index (χ0) is 13.6. The van der Waals surface area contributed by atoms with Gasteiger partial charge < -0.3 is 30.6 Å². The molecule has 6 N–H and O–H groups in total. The van der Waals surface area contributed by atoms with E-state index in [1.165, 1.54) is 6.33 Å². The van der Waals surface area contributed by atoms with Crippen molar-refractivity contribution in [2.75, 3.05) is 6.61 Å². The number of aromatic nitrogens is 3. The first-order valence-corrected chi connectivity index (χ1v) is 5.91. The SMILES string of the molecule is O=c1[nH]cnc2c([C@@H]3N[C@H](CO)[C@H](O)[C@H]3O)c[nH]c12. The number of rotatable bonds is 2. The van der Waals surface area contributed by atoms with Gasteiger partial charge in [-0.2, -0.15) is 0 Å². The van der Waals surface area contributed by atoms with Crippen LogP contribution in [0.25, 0.3) is 11.0 Å². The predicted molar refractivity (Wildman–Crippen MR) is 65.5 cm³/mol. The first-order chi connectivity index (χ1) is 9.13. The van der Waals surface area contributed by atoms with Crippen molar-refractivity contribution in [2.24, 2.45) is 0 Å². The van der Waals surface area contributed by atoms with Crippen molar-refractivity contribution >= 4 is 11.0 Å². The number of aliphatic hydroxyl groups is 3. The third-order valence-corrected chi connectivity index (χ3v) is 3.53. The minimum Gasteiger partial charge on any atom is -0.395 e. The van der Waals surface area contributed by atoms with Gasteiger partial charge in [-0.15, -0.1) is 0 Å². The zero-order valence-corrected chi connectivity index (χ0v) is 9.87. The van der Waals surface area contributed by atoms with Gasteiger partial charge in [-0.1, -0.05) is 0 Å². The maximum absolute atomic E-state index is 11.6. The molecule has 2 aromatic heterocycles. The van der Waals surface area contributed by atoms with Crippen LogP contribution in [0, 0.1) is 0 Å². The molecule has 1 aliphatic rings. The maximum Gasteiger partial charge on any atom is 0.275 e. The van der Waals surface area contributed by atoms with Gasteiger partial charge >= 0.3 is 0 Å². The van der Waals surface area contributed by atoms with Gasteiger partial charge in [-0.3, -0.25) is 4.79 Å². The minimum atomic E-state index is -1.07. The Bertz CT molecular complexity index is 651. The molecule has 1 saturated heterocycles. The van der Waals surface area contributed by atoms with Gasteiger partial charge in [0, 0.05) is 11.8 Å². The van der Waals surface area contributed by atoms with Gasteiger partial charge in [0.05, 0.1) is 31.1 Å². The van der Waals surface area contributed by atoms with E-state index in [-0.39, 0.29) is 12.2 Å². The summed E-state index contributed by atoms with van der Waals surface area (Å²) >= 11 is 0. The second-order valence-electron chi connectivity index (χ2n) is 4.61. The fraction of sp³-hybridized carbons (Fsp3) is 0.455. The zero-order valence-electron chi connectivity index (χ0n) is 9.87. The van der Waals surface area contributed by atoms with Crippen LogP contribution in [0.15, 0.2) is 17.3 Å². The van der Waals surface area contributed by atoms with Gasteiger partial charge in [0.1, 0.15) is 17.1 Å². The highest BCUT2D eigenvalue weighted by molar-refractivity contribution is 5.78. The standard InChI is InChI=1S/C11H14N4O4/c16-2-5-9(17)10(18)7(15-5)4-1-12-8-6(4)13-3-14-11(8)19/h1,3,5,7,9-10,12,15-18H,2H2,(H,13,14,19)/t5-,7+,9+,10+/m1/s1. The minimum absolute atomic E-state index is 0.287. The van der Waals surface area contributed by atoms with E-state index >= 15 is 0 Å². The average Bonchev–Trinajstić information content (AvgIpc) is 2.94. The van der Waals surface area contributed by atoms with E-state index in [0.717, 1.165) is 0 Å². The van der Waals surface area contributed by atoms with Crippen LogP contribution in [-0.4, -0.2) is 55.1 Å². The first kappa shape index (κ1) is 12.3. The lowest BCUT2D eigenvalue weighted by atomic mass is 10.0. The Morgan fingerprint density at radius 3 is 2.74 bits per heavy atom. The van der Waals surface area contributed by atoms with E-state index in [0.29, 0.717) is 16.6 Å². The number of hydrogen-bond acceptors (Lipinski definition) is 6. The largest absolute Gasteiger partial charge is 0.395 e. The van der Waals surface area contributed by atoms with Crippen LogP contribution in [0.4, 0.5) is 0 Å². The molecule has 1 aliphatic heterocycles. The fourth-order valence-corrected chi connectivity index (χ4v) is 2.51. The lowest BCUT2D eigenvalue weighted by molar-refractivity contribution is 0.0196. The van der Waals surface area contributed by atoms with E-state index < -0.39 is 24.3 Å². The molecule has 3 rings (SSSR count). The number of aliphatic hydroxyl groups excluding tert-OH is 3. The summed E-state index contributed by atoms with van der Waals surface area (Å²) in [5.74, 6) is 0. The highest BCUT2D eigenvalue weighted by Crippen LogP contribution is 2.30. The van der Waals surface area contributed by atoms with Gasteiger partial charge in [-0.25, -0.2) is 4.98 Å². The molecule has 0 spiro atoms. The van der Waals surface area contributed by atoms with E-state index in [9.17, 15) is 15.0 Å². The summed E-state index contributed by atoms with van der Waals surface area (Å²) in [6, 6.07) is -1.19. The van der Waals surface area contributed by atoms with Crippen LogP contribution in [0.3, 0.4) is 0 Å². The Labute approximate surface area is 107 Å². The predicted octanol–water partition coefficient (Wildman–Crippen LogP) is -2.02. The van der Waals surface area contributed by atoms with Crippen LogP contribution in [-0.2, 0) is 0 Å². The molecule has 102 valence electrons. The van der Waals surface area contributed by atoms with Gasteiger partial charge in [0.15, 0.2) is 0 Å². The smallest absolute Gasteiger partial charge is 0.275 e. The van der Waals surface area contributed by atoms with Gasteiger partial charge in [0.25, 0.3) is 5.56 Å². The van der Waals surface area contributed by atoms with Gasteiger partial charge in [0.2, 0.25) is 0 Å². The Morgan fingerprint density at radius 1 is 1.26 bits per heavy atom. The summed E-state index contributed by atoms with van der Waals surface area (Å²) in [5, 5.41) is 31.8. The molecule has 4 atom stereocenters. The number of H-pyrrole nitrogens is 2. The van der Waals surface area contributed by atoms with Crippen molar-refractivity contribution in [1.82, 2.24) is 20.3 Å². The third-order valence-electron chi connectivity index (χ3n) is 3.53. The Hall–Kier alpha value is -1.74. The van der Waals surface area contributed by atoms with E-state index in [2.05, 4.69) is 20.3 Å². The lowest BCUT2D eigenvalue weighted by Gasteiger charge is -2.14. The molecule has 0 bridgehead atoms. The summed E-state index contributed by atoms with van der Waals surface area (Å²) in [6.45, 7) is -0.287. The normalized spacial score (nSPS) is 31.1. The van der Waals surface area contributed by atoms with Crippen LogP contribution >= 0.6 is 0 Å². The van der Waals surface area contributed by atoms with Crippen LogP contribution in [0.1, 0.15) is 11.6 Å². The molecule has 0 saturated carbocycles. The number of nitrogens with zero attached hydrogens (tertiary/aromatic N) is 1. The quantitative estimate of drug-likeness (QED) is 0.371. The molecule has 8 nitrogen and oxygen atoms in total. The van der Waals surface area contributed by atoms with Crippen molar-refractivity contribution in [3.63, 3.8) is 0 Å². The molecule has 19 heavy (non-hydrogen) atoms. The second kappa shape index (κ2) is 4.42. The highest BCUT2D eigenvalue weighted by atomic mass is 16.3. The number of aromatic amines is 2. The molecule has 0 unspecified atom stereocenters. The number of hydrogen-bond donors (Lipinski definition) is 6. The molecule has 0 aromatic carbocycles. The molecule has 1 fully saturated rings. The number of nitrogens with one attached hydrogen (secondary N) is 3. The maximum atomic E-state index is 11.6. The summed E-state index contributed by atoms with van der Waals surface area (Å²) < 4.78 is 0. The molecule has 3 heterocycles. The van der Waals surface area contributed by atoms with Crippen molar-refractivity contribution in [3.8, 4) is 0 Å². The first-order valence-electron chi connectivity index (χ1n) is 5.91. The topological polar surface area (TPSA) is 134 Å². The summed E-state index contributed by atoms with van der Waals surface area (Å²) in [6.07, 6.45) is 0.711. The molecule has 2 aromatic rings. The van der Waals surface area contributed by atoms with Crippen molar-refractivity contribution in [3.05, 3.63) is 28.4 Å². The molecular weight excluding hydrogens is 252 g/mol. The van der Waals surface area contributed by atoms with Gasteiger partial charge in [-0.05, 0) is 0 Å². The van der Waals surface area contributed by atoms with Crippen molar-refractivity contribution < 1.29 is 15.3 Å². The summed E-state index contributed by atoms with van der Waals surface area (Å²) in [4.78, 5) is 20.9. The molecule has 0 amide bonds. The van der Waals surface area contributed by atoms with E-state index in [4.69, 9.17) is 5.11 Å². The van der Waals surface area contributed by atoms with Crippen LogP contribution in [0.5, 0.6) is 0 Å². The van der Waals surface area contributed by atoms with Crippen molar-refractivity contribution in [1.29, 1.82) is 0 Å². The molecular formula is C11H14N4O4. The number of fused-ring (bicyclic) bond motifs is 1. The van der Waals surface area contributed by atoms with Crippen LogP contribution < -0.4 is 10.9 Å². The Morgan fingerprint density at radius 2 is 2.05 bits per heavy atom. The Kier molecular flexibility index (Phi) is 2.86. The van der Waals surface area contributed by atoms with E-state index in [1.54, 1.807) is 6.20 Å². The lowest BCUT2D eigenvalue weighted by Crippen LogP contribution is -2.35. The molecule has 0 radical (unpaired) electrons. The fourth-order valence-electron chi connectivity index (χ4n) is 2.51. The highest BCUT2D eigenvalue weighted by Gasteiger charge is 2.42. The monoisotopic (exact) mass is 266 g/mol. The van der Waals surface area contributed by atoms with E-state index in [1.807, 2.05) is 0 Å². The second-order valence-corrected chi connectivity index (χ2v) is 4.61. The third kappa shape index (κ3) is 1.77. The van der Waals surface area contributed by atoms with Crippen molar-refractivity contribution in [2.45, 2.75) is 24.3 Å². The average molecular weight is 266 g/mol. The summed E-state index contributed by atoms with van der Waals surface area (Å²) in [7, 11) is 0. The van der Waals surface area contributed by atoms with Crippen LogP contribution in [0.2, 0.25) is 0 Å². The molecule has 0 aliphatic carbocycles. The Balaban J connectivity index is 2.06. The molecule has 8 heteroatoms. The summed E-state index contributed by atoms with van der Waals surface area (Å²) in [5.41, 5.74) is 1.03.